The summed E-state index contributed by atoms with van der Waals surface area (Å²) in [5, 5.41) is 14.5. The number of nitrogens with one attached hydrogen (secondary N) is 1. The summed E-state index contributed by atoms with van der Waals surface area (Å²) in [6.45, 7) is 0. The van der Waals surface area contributed by atoms with E-state index >= 15 is 0 Å². The van der Waals surface area contributed by atoms with Crippen LogP contribution >= 0.6 is 34.7 Å². The van der Waals surface area contributed by atoms with E-state index in [1.54, 1.807) is 30.3 Å². The van der Waals surface area contributed by atoms with Crippen LogP contribution in [0.3, 0.4) is 0 Å². The first-order valence-electron chi connectivity index (χ1n) is 8.46. The highest BCUT2D eigenvalue weighted by Gasteiger charge is 2.12. The minimum absolute atomic E-state index is 0.124. The normalized spacial score (nSPS) is 10.9. The van der Waals surface area contributed by atoms with Crippen LogP contribution in [-0.4, -0.2) is 21.8 Å². The van der Waals surface area contributed by atoms with Gasteiger partial charge in [-0.15, -0.1) is 23.1 Å². The fourth-order valence-electron chi connectivity index (χ4n) is 2.65. The lowest BCUT2D eigenvalue weighted by molar-refractivity contribution is -0.113. The molecule has 0 unspecified atom stereocenters. The van der Waals surface area contributed by atoms with Gasteiger partial charge in [-0.25, -0.2) is 4.98 Å². The van der Waals surface area contributed by atoms with Crippen LogP contribution < -0.4 is 5.32 Å². The van der Waals surface area contributed by atoms with Crippen molar-refractivity contribution < 1.29 is 9.90 Å². The molecule has 0 radical (unpaired) electrons. The summed E-state index contributed by atoms with van der Waals surface area (Å²) in [5.41, 5.74) is 2.11. The monoisotopic (exact) mass is 426 g/mol. The smallest absolute Gasteiger partial charge is 0.234 e. The van der Waals surface area contributed by atoms with E-state index in [2.05, 4.69) is 10.3 Å². The maximum absolute atomic E-state index is 12.3. The standard InChI is InChI=1S/C21H15ClN2O2S2/c22-13-5-8-15(9-6-13)27-12-20(26)23-14-7-10-18(25)16(11-14)21-24-17-3-1-2-4-19(17)28-21/h1-11,25H,12H2,(H,23,26). The molecule has 0 saturated carbocycles. The number of thioether (sulfide) groups is 1. The van der Waals surface area contributed by atoms with Crippen molar-refractivity contribution in [3.05, 3.63) is 71.8 Å². The number of amides is 1. The number of rotatable bonds is 5. The largest absolute Gasteiger partial charge is 0.507 e. The average molecular weight is 427 g/mol. The second-order valence-electron chi connectivity index (χ2n) is 6.01. The van der Waals surface area contributed by atoms with Crippen LogP contribution in [0, 0.1) is 0 Å². The lowest BCUT2D eigenvalue weighted by atomic mass is 10.2. The van der Waals surface area contributed by atoms with Gasteiger partial charge in [0.05, 0.1) is 21.5 Å². The van der Waals surface area contributed by atoms with E-state index in [0.717, 1.165) is 15.1 Å². The number of phenolic OH excluding ortho intramolecular Hbond substituents is 1. The zero-order valence-corrected chi connectivity index (χ0v) is 16.9. The first-order chi connectivity index (χ1) is 13.6. The highest BCUT2D eigenvalue weighted by Crippen LogP contribution is 2.36. The highest BCUT2D eigenvalue weighted by atomic mass is 35.5. The third kappa shape index (κ3) is 4.30. The zero-order valence-electron chi connectivity index (χ0n) is 14.6. The molecular formula is C21H15ClN2O2S2. The van der Waals surface area contributed by atoms with Crippen molar-refractivity contribution in [1.82, 2.24) is 4.98 Å². The first-order valence-corrected chi connectivity index (χ1v) is 10.6. The number of anilines is 1. The van der Waals surface area contributed by atoms with E-state index in [1.165, 1.54) is 23.1 Å². The van der Waals surface area contributed by atoms with Crippen LogP contribution in [0.4, 0.5) is 5.69 Å². The van der Waals surface area contributed by atoms with Gasteiger partial charge in [-0.05, 0) is 54.6 Å². The van der Waals surface area contributed by atoms with Crippen molar-refractivity contribution in [3.63, 3.8) is 0 Å². The number of hydrogen-bond acceptors (Lipinski definition) is 5. The third-order valence-corrected chi connectivity index (χ3v) is 6.32. The molecule has 0 aliphatic rings. The second-order valence-corrected chi connectivity index (χ2v) is 8.53. The van der Waals surface area contributed by atoms with Gasteiger partial charge in [-0.3, -0.25) is 4.79 Å². The molecule has 0 aliphatic carbocycles. The van der Waals surface area contributed by atoms with Crippen LogP contribution in [0.5, 0.6) is 5.75 Å². The first kappa shape index (κ1) is 18.8. The molecule has 0 saturated heterocycles. The third-order valence-electron chi connectivity index (χ3n) is 3.99. The SMILES string of the molecule is O=C(CSc1ccc(Cl)cc1)Nc1ccc(O)c(-c2nc3ccccc3s2)c1. The number of benzene rings is 3. The Bertz CT molecular complexity index is 1110. The molecular weight excluding hydrogens is 412 g/mol. The van der Waals surface area contributed by atoms with Gasteiger partial charge in [-0.1, -0.05) is 23.7 Å². The average Bonchev–Trinajstić information content (AvgIpc) is 3.13. The molecule has 1 aromatic heterocycles. The van der Waals surface area contributed by atoms with Crippen LogP contribution in [0.2, 0.25) is 5.02 Å². The molecule has 0 fully saturated rings. The number of fused-ring (bicyclic) bond motifs is 1. The van der Waals surface area contributed by atoms with Gasteiger partial charge in [-0.2, -0.15) is 0 Å². The van der Waals surface area contributed by atoms with Gasteiger partial charge in [0, 0.05) is 15.6 Å². The molecule has 4 nitrogen and oxygen atoms in total. The number of thiazole rings is 1. The Balaban J connectivity index is 1.48. The Labute approximate surface area is 175 Å². The number of halogens is 1. The van der Waals surface area contributed by atoms with Crippen LogP contribution in [0.15, 0.2) is 71.6 Å². The van der Waals surface area contributed by atoms with Crippen molar-refractivity contribution in [2.75, 3.05) is 11.1 Å². The molecule has 2 N–H and O–H groups in total. The number of nitrogens with zero attached hydrogens (tertiary/aromatic N) is 1. The fourth-order valence-corrected chi connectivity index (χ4v) is 4.46. The van der Waals surface area contributed by atoms with Gasteiger partial charge in [0.1, 0.15) is 10.8 Å². The molecule has 3 aromatic carbocycles. The molecule has 0 aliphatic heterocycles. The number of phenols is 1. The fraction of sp³-hybridized carbons (Fsp3) is 0.0476. The second kappa shape index (κ2) is 8.22. The minimum Gasteiger partial charge on any atom is -0.507 e. The molecule has 4 rings (SSSR count). The Hall–Kier alpha value is -2.54. The van der Waals surface area contributed by atoms with Gasteiger partial charge in [0.15, 0.2) is 0 Å². The van der Waals surface area contributed by atoms with Crippen molar-refractivity contribution in [2.45, 2.75) is 4.90 Å². The summed E-state index contributed by atoms with van der Waals surface area (Å²) < 4.78 is 1.05. The van der Waals surface area contributed by atoms with E-state index in [4.69, 9.17) is 11.6 Å². The van der Waals surface area contributed by atoms with Crippen molar-refractivity contribution in [3.8, 4) is 16.3 Å². The maximum atomic E-state index is 12.3. The summed E-state index contributed by atoms with van der Waals surface area (Å²) >= 11 is 8.81. The number of aromatic nitrogens is 1. The zero-order chi connectivity index (χ0) is 19.5. The van der Waals surface area contributed by atoms with E-state index in [-0.39, 0.29) is 17.4 Å². The summed E-state index contributed by atoms with van der Waals surface area (Å²) in [6, 6.07) is 20.2. The van der Waals surface area contributed by atoms with E-state index in [9.17, 15) is 9.90 Å². The minimum atomic E-state index is -0.124. The van der Waals surface area contributed by atoms with Crippen LogP contribution in [0.25, 0.3) is 20.8 Å². The number of aromatic hydroxyl groups is 1. The van der Waals surface area contributed by atoms with Crippen molar-refractivity contribution in [2.24, 2.45) is 0 Å². The topological polar surface area (TPSA) is 62.2 Å². The molecule has 0 bridgehead atoms. The number of para-hydroxylation sites is 1. The number of carbonyl (C=O) groups is 1. The summed E-state index contributed by atoms with van der Waals surface area (Å²) in [4.78, 5) is 17.8. The van der Waals surface area contributed by atoms with E-state index < -0.39 is 0 Å². The Kier molecular flexibility index (Phi) is 5.52. The van der Waals surface area contributed by atoms with Gasteiger partial charge < -0.3 is 10.4 Å². The Morgan fingerprint density at radius 2 is 1.89 bits per heavy atom. The highest BCUT2D eigenvalue weighted by molar-refractivity contribution is 8.00. The molecule has 28 heavy (non-hydrogen) atoms. The summed E-state index contributed by atoms with van der Waals surface area (Å²) in [6.07, 6.45) is 0. The molecule has 1 heterocycles. The molecule has 140 valence electrons. The maximum Gasteiger partial charge on any atom is 0.234 e. The molecule has 7 heteroatoms. The van der Waals surface area contributed by atoms with Gasteiger partial charge in [0.2, 0.25) is 5.91 Å². The van der Waals surface area contributed by atoms with Gasteiger partial charge in [0.25, 0.3) is 0 Å². The lowest BCUT2D eigenvalue weighted by Crippen LogP contribution is -2.13. The van der Waals surface area contributed by atoms with Crippen LogP contribution in [0.1, 0.15) is 0 Å². The quantitative estimate of drug-likeness (QED) is 0.301. The lowest BCUT2D eigenvalue weighted by Gasteiger charge is -2.08. The van der Waals surface area contributed by atoms with E-state index in [1.807, 2.05) is 36.4 Å². The van der Waals surface area contributed by atoms with Crippen LogP contribution in [-0.2, 0) is 4.79 Å². The Morgan fingerprint density at radius 3 is 2.68 bits per heavy atom. The molecule has 0 spiro atoms. The summed E-state index contributed by atoms with van der Waals surface area (Å²) in [7, 11) is 0. The molecule has 1 amide bonds. The Morgan fingerprint density at radius 1 is 1.11 bits per heavy atom. The summed E-state index contributed by atoms with van der Waals surface area (Å²) in [5.74, 6) is 0.285. The van der Waals surface area contributed by atoms with E-state index in [0.29, 0.717) is 21.3 Å². The predicted octanol–water partition coefficient (Wildman–Crippen LogP) is 6.05. The number of hydrogen-bond donors (Lipinski definition) is 2. The van der Waals surface area contributed by atoms with Crippen molar-refractivity contribution in [1.29, 1.82) is 0 Å². The van der Waals surface area contributed by atoms with Gasteiger partial charge >= 0.3 is 0 Å². The molecule has 4 aromatic rings. The molecule has 0 atom stereocenters. The number of carbonyl (C=O) groups excluding carboxylic acids is 1. The predicted molar refractivity (Wildman–Crippen MR) is 118 cm³/mol. The van der Waals surface area contributed by atoms with Crippen molar-refractivity contribution >= 4 is 56.5 Å².